The smallest absolute Gasteiger partial charge is 0.326 e. The fraction of sp³-hybridized carbons (Fsp3) is 0.500. The van der Waals surface area contributed by atoms with Gasteiger partial charge < -0.3 is 15.5 Å². The molecule has 0 spiro atoms. The summed E-state index contributed by atoms with van der Waals surface area (Å²) in [6.07, 6.45) is 6.45. The van der Waals surface area contributed by atoms with E-state index in [0.29, 0.717) is 30.4 Å². The van der Waals surface area contributed by atoms with Crippen LogP contribution < -0.4 is 15.5 Å². The van der Waals surface area contributed by atoms with Crippen LogP contribution in [-0.4, -0.2) is 60.3 Å². The second kappa shape index (κ2) is 11.2. The highest BCUT2D eigenvalue weighted by Gasteiger charge is 2.26. The first-order chi connectivity index (χ1) is 16.4. The fourth-order valence-electron chi connectivity index (χ4n) is 4.85. The number of aryl methyl sites for hydroxylation is 2. The molecule has 1 aliphatic carbocycles. The topological polar surface area (TPSA) is 77.6 Å². The molecule has 0 saturated heterocycles. The first kappa shape index (κ1) is 24.5. The molecular formula is C26H35N5O2S. The van der Waals surface area contributed by atoms with Gasteiger partial charge in [0.2, 0.25) is 0 Å². The van der Waals surface area contributed by atoms with Crippen molar-refractivity contribution in [3.8, 4) is 0 Å². The summed E-state index contributed by atoms with van der Waals surface area (Å²) in [5, 5.41) is 6.89. The minimum Gasteiger partial charge on any atom is -0.351 e. The number of carbonyl (C=O) groups is 2. The summed E-state index contributed by atoms with van der Waals surface area (Å²) in [5.41, 5.74) is 4.01. The minimum atomic E-state index is -0.207. The summed E-state index contributed by atoms with van der Waals surface area (Å²) in [4.78, 5) is 34.6. The van der Waals surface area contributed by atoms with Gasteiger partial charge in [-0.2, -0.15) is 0 Å². The Bertz CT molecular complexity index is 1040. The molecule has 182 valence electrons. The maximum atomic E-state index is 13.1. The number of rotatable bonds is 6. The lowest BCUT2D eigenvalue weighted by atomic mass is 9.94. The monoisotopic (exact) mass is 481 g/mol. The van der Waals surface area contributed by atoms with Gasteiger partial charge in [0.1, 0.15) is 5.03 Å². The van der Waals surface area contributed by atoms with E-state index in [9.17, 15) is 9.59 Å². The number of pyridine rings is 1. The second-order valence-electron chi connectivity index (χ2n) is 9.27. The Kier molecular flexibility index (Phi) is 8.11. The molecule has 1 fully saturated rings. The number of likely N-dealkylation sites (N-methyl/N-ethyl adjacent to an activating group) is 1. The van der Waals surface area contributed by atoms with Crippen LogP contribution in [0.4, 0.5) is 16.2 Å². The Morgan fingerprint density at radius 1 is 1.18 bits per heavy atom. The molecule has 2 N–H and O–H groups in total. The van der Waals surface area contributed by atoms with Crippen LogP contribution in [0, 0.1) is 13.8 Å². The highest BCUT2D eigenvalue weighted by molar-refractivity contribution is 7.99. The van der Waals surface area contributed by atoms with Crippen molar-refractivity contribution in [2.75, 3.05) is 42.7 Å². The van der Waals surface area contributed by atoms with E-state index in [1.54, 1.807) is 34.9 Å². The highest BCUT2D eigenvalue weighted by Crippen LogP contribution is 2.36. The van der Waals surface area contributed by atoms with Crippen LogP contribution in [0.1, 0.15) is 53.7 Å². The molecule has 7 nitrogen and oxygen atoms in total. The van der Waals surface area contributed by atoms with Gasteiger partial charge in [-0.15, -0.1) is 11.8 Å². The lowest BCUT2D eigenvalue weighted by Gasteiger charge is -2.31. The molecule has 8 heteroatoms. The van der Waals surface area contributed by atoms with Crippen LogP contribution in [0.15, 0.2) is 35.4 Å². The number of carbonyl (C=O) groups excluding carboxylic acids is 2. The summed E-state index contributed by atoms with van der Waals surface area (Å²) < 4.78 is 0. The predicted octanol–water partition coefficient (Wildman–Crippen LogP) is 4.84. The van der Waals surface area contributed by atoms with Crippen molar-refractivity contribution < 1.29 is 9.59 Å². The van der Waals surface area contributed by atoms with Gasteiger partial charge in [-0.3, -0.25) is 9.69 Å². The number of hydrogen-bond acceptors (Lipinski definition) is 5. The Morgan fingerprint density at radius 3 is 2.76 bits per heavy atom. The number of fused-ring (bicyclic) bond motifs is 1. The Labute approximate surface area is 206 Å². The second-order valence-corrected chi connectivity index (χ2v) is 10.4. The first-order valence-corrected chi connectivity index (χ1v) is 13.2. The van der Waals surface area contributed by atoms with Crippen molar-refractivity contribution in [3.05, 3.63) is 47.2 Å². The van der Waals surface area contributed by atoms with Gasteiger partial charge >= 0.3 is 6.03 Å². The number of hydrogen-bond donors (Lipinski definition) is 2. The largest absolute Gasteiger partial charge is 0.351 e. The number of urea groups is 1. The number of aromatic nitrogens is 1. The van der Waals surface area contributed by atoms with Crippen LogP contribution in [0.25, 0.3) is 0 Å². The van der Waals surface area contributed by atoms with Gasteiger partial charge in [0.05, 0.1) is 5.69 Å². The molecule has 1 aromatic carbocycles. The Balaban J connectivity index is 1.35. The third-order valence-corrected chi connectivity index (χ3v) is 7.62. The van der Waals surface area contributed by atoms with Gasteiger partial charge in [0.15, 0.2) is 0 Å². The van der Waals surface area contributed by atoms with Gasteiger partial charge in [-0.1, -0.05) is 25.3 Å². The van der Waals surface area contributed by atoms with Crippen LogP contribution in [-0.2, 0) is 0 Å². The number of benzene rings is 1. The van der Waals surface area contributed by atoms with Gasteiger partial charge in [0, 0.05) is 48.4 Å². The third-order valence-electron chi connectivity index (χ3n) is 6.67. The van der Waals surface area contributed by atoms with Crippen molar-refractivity contribution in [1.29, 1.82) is 0 Å². The highest BCUT2D eigenvalue weighted by atomic mass is 32.2. The molecule has 2 aliphatic rings. The quantitative estimate of drug-likeness (QED) is 0.618. The Hall–Kier alpha value is -2.58. The maximum absolute atomic E-state index is 13.1. The average molecular weight is 482 g/mol. The van der Waals surface area contributed by atoms with E-state index in [1.165, 1.54) is 32.1 Å². The van der Waals surface area contributed by atoms with Crippen molar-refractivity contribution in [2.24, 2.45) is 0 Å². The van der Waals surface area contributed by atoms with Crippen LogP contribution >= 0.6 is 11.8 Å². The normalized spacial score (nSPS) is 16.3. The first-order valence-electron chi connectivity index (χ1n) is 12.2. The summed E-state index contributed by atoms with van der Waals surface area (Å²) >= 11 is 1.68. The molecule has 0 unspecified atom stereocenters. The molecule has 0 atom stereocenters. The number of nitrogens with zero attached hydrogens (tertiary/aromatic N) is 3. The molecule has 4 rings (SSSR count). The Morgan fingerprint density at radius 2 is 1.97 bits per heavy atom. The zero-order valence-electron chi connectivity index (χ0n) is 20.4. The fourth-order valence-corrected chi connectivity index (χ4v) is 5.94. The van der Waals surface area contributed by atoms with Gasteiger partial charge in [-0.05, 0) is 63.6 Å². The third kappa shape index (κ3) is 5.91. The van der Waals surface area contributed by atoms with E-state index >= 15 is 0 Å². The van der Waals surface area contributed by atoms with E-state index in [-0.39, 0.29) is 11.9 Å². The molecule has 1 aliphatic heterocycles. The zero-order chi connectivity index (χ0) is 24.1. The summed E-state index contributed by atoms with van der Waals surface area (Å²) in [6, 6.07) is 9.55. The summed E-state index contributed by atoms with van der Waals surface area (Å²) in [6.45, 7) is 6.04. The van der Waals surface area contributed by atoms with Crippen molar-refractivity contribution >= 4 is 35.1 Å². The number of amides is 3. The van der Waals surface area contributed by atoms with Gasteiger partial charge in [-0.25, -0.2) is 9.78 Å². The van der Waals surface area contributed by atoms with Crippen molar-refractivity contribution in [3.63, 3.8) is 0 Å². The maximum Gasteiger partial charge on any atom is 0.326 e. The summed E-state index contributed by atoms with van der Waals surface area (Å²) in [5.74, 6) is 0.678. The molecule has 2 aromatic rings. The van der Waals surface area contributed by atoms with E-state index in [1.807, 2.05) is 26.0 Å². The molecule has 1 aromatic heterocycles. The van der Waals surface area contributed by atoms with Crippen LogP contribution in [0.3, 0.4) is 0 Å². The molecule has 0 radical (unpaired) electrons. The minimum absolute atomic E-state index is 0.122. The number of thioether (sulfide) groups is 1. The molecular weight excluding hydrogens is 446 g/mol. The standard InChI is InChI=1S/C26H35N5O2S/c1-18-16-19(2)28-25-23(18)31(14-15-34-25)26(33)29-21-9-7-8-20(17-21)24(32)27-12-13-30(3)22-10-5-4-6-11-22/h7-9,16-17,22H,4-6,10-15H2,1-3H3,(H,27,32)(H,29,33). The van der Waals surface area contributed by atoms with E-state index in [0.717, 1.165) is 34.3 Å². The average Bonchev–Trinajstić information content (AvgIpc) is 2.84. The number of anilines is 2. The predicted molar refractivity (Wildman–Crippen MR) is 139 cm³/mol. The van der Waals surface area contributed by atoms with Crippen molar-refractivity contribution in [2.45, 2.75) is 57.0 Å². The summed E-state index contributed by atoms with van der Waals surface area (Å²) in [7, 11) is 2.15. The molecule has 2 heterocycles. The van der Waals surface area contributed by atoms with Gasteiger partial charge in [0.25, 0.3) is 5.91 Å². The number of nitrogens with one attached hydrogen (secondary N) is 2. The molecule has 34 heavy (non-hydrogen) atoms. The van der Waals surface area contributed by atoms with Crippen molar-refractivity contribution in [1.82, 2.24) is 15.2 Å². The van der Waals surface area contributed by atoms with Crippen LogP contribution in [0.2, 0.25) is 0 Å². The zero-order valence-corrected chi connectivity index (χ0v) is 21.2. The SMILES string of the molecule is Cc1cc(C)c2c(n1)SCCN2C(=O)Nc1cccc(C(=O)NCCN(C)C2CCCCC2)c1. The van der Waals surface area contributed by atoms with E-state index in [4.69, 9.17) is 0 Å². The lowest BCUT2D eigenvalue weighted by Crippen LogP contribution is -2.40. The molecule has 0 bridgehead atoms. The van der Waals surface area contributed by atoms with Crippen LogP contribution in [0.5, 0.6) is 0 Å². The lowest BCUT2D eigenvalue weighted by molar-refractivity contribution is 0.0944. The molecule has 1 saturated carbocycles. The molecule has 3 amide bonds. The van der Waals surface area contributed by atoms with E-state index in [2.05, 4.69) is 27.6 Å². The van der Waals surface area contributed by atoms with E-state index < -0.39 is 0 Å².